The van der Waals surface area contributed by atoms with Crippen molar-refractivity contribution in [1.82, 2.24) is 4.90 Å². The first kappa shape index (κ1) is 19.2. The standard InChI is InChI=1S/C19H19Cl2NO3S/c20-17-7-6-15(10-18(17)21)11-19(23)22(12-14-4-2-1-3-5-14)16-8-9-26(24,25)13-16/h1-7,10,16H,8-9,11-13H2. The van der Waals surface area contributed by atoms with Crippen LogP contribution in [-0.2, 0) is 27.6 Å². The van der Waals surface area contributed by atoms with Crippen LogP contribution in [0, 0.1) is 0 Å². The maximum atomic E-state index is 13.0. The summed E-state index contributed by atoms with van der Waals surface area (Å²) in [6.45, 7) is 0.390. The monoisotopic (exact) mass is 411 g/mol. The van der Waals surface area contributed by atoms with Crippen molar-refractivity contribution in [3.8, 4) is 0 Å². The third-order valence-electron chi connectivity index (χ3n) is 4.50. The molecular weight excluding hydrogens is 393 g/mol. The molecule has 0 aliphatic carbocycles. The second-order valence-electron chi connectivity index (χ2n) is 6.49. The Labute approximate surface area is 163 Å². The maximum absolute atomic E-state index is 13.0. The molecule has 1 aliphatic rings. The van der Waals surface area contributed by atoms with E-state index < -0.39 is 9.84 Å². The van der Waals surface area contributed by atoms with Crippen molar-refractivity contribution >= 4 is 38.9 Å². The van der Waals surface area contributed by atoms with Gasteiger partial charge in [0.25, 0.3) is 0 Å². The average Bonchev–Trinajstić information content (AvgIpc) is 2.96. The Morgan fingerprint density at radius 2 is 1.77 bits per heavy atom. The number of halogens is 2. The largest absolute Gasteiger partial charge is 0.334 e. The zero-order valence-corrected chi connectivity index (χ0v) is 16.4. The van der Waals surface area contributed by atoms with E-state index in [1.54, 1.807) is 23.1 Å². The molecule has 0 radical (unpaired) electrons. The van der Waals surface area contributed by atoms with Crippen molar-refractivity contribution in [2.45, 2.75) is 25.4 Å². The minimum Gasteiger partial charge on any atom is -0.334 e. The number of sulfone groups is 1. The zero-order valence-electron chi connectivity index (χ0n) is 14.1. The Balaban J connectivity index is 1.81. The molecular formula is C19H19Cl2NO3S. The molecule has 3 rings (SSSR count). The fourth-order valence-electron chi connectivity index (χ4n) is 3.15. The lowest BCUT2D eigenvalue weighted by molar-refractivity contribution is -0.133. The smallest absolute Gasteiger partial charge is 0.227 e. The van der Waals surface area contributed by atoms with Crippen LogP contribution in [-0.4, -0.2) is 36.8 Å². The molecule has 2 aromatic carbocycles. The van der Waals surface area contributed by atoms with Crippen LogP contribution in [0.5, 0.6) is 0 Å². The number of hydrogen-bond acceptors (Lipinski definition) is 3. The minimum absolute atomic E-state index is 0.0208. The average molecular weight is 412 g/mol. The van der Waals surface area contributed by atoms with Crippen LogP contribution in [0.15, 0.2) is 48.5 Å². The third kappa shape index (κ3) is 4.78. The summed E-state index contributed by atoms with van der Waals surface area (Å²) in [5, 5.41) is 0.834. The molecule has 0 N–H and O–H groups in total. The first-order valence-corrected chi connectivity index (χ1v) is 10.9. The van der Waals surface area contributed by atoms with Crippen LogP contribution in [0.4, 0.5) is 0 Å². The van der Waals surface area contributed by atoms with E-state index in [0.717, 1.165) is 11.1 Å². The Morgan fingerprint density at radius 1 is 1.04 bits per heavy atom. The predicted molar refractivity (Wildman–Crippen MR) is 104 cm³/mol. The van der Waals surface area contributed by atoms with E-state index in [1.807, 2.05) is 30.3 Å². The summed E-state index contributed by atoms with van der Waals surface area (Å²) in [5.74, 6) is 0.0324. The van der Waals surface area contributed by atoms with E-state index in [2.05, 4.69) is 0 Å². The second-order valence-corrected chi connectivity index (χ2v) is 9.53. The molecule has 26 heavy (non-hydrogen) atoms. The van der Waals surface area contributed by atoms with E-state index in [4.69, 9.17) is 23.2 Å². The minimum atomic E-state index is -3.08. The van der Waals surface area contributed by atoms with Gasteiger partial charge in [0.15, 0.2) is 9.84 Å². The van der Waals surface area contributed by atoms with Gasteiger partial charge in [-0.1, -0.05) is 59.6 Å². The van der Waals surface area contributed by atoms with Crippen LogP contribution in [0.3, 0.4) is 0 Å². The topological polar surface area (TPSA) is 54.5 Å². The van der Waals surface area contributed by atoms with Crippen LogP contribution in [0.25, 0.3) is 0 Å². The number of carbonyl (C=O) groups excluding carboxylic acids is 1. The molecule has 1 aliphatic heterocycles. The Morgan fingerprint density at radius 3 is 2.38 bits per heavy atom. The van der Waals surface area contributed by atoms with Crippen LogP contribution >= 0.6 is 23.2 Å². The molecule has 1 fully saturated rings. The summed E-state index contributed by atoms with van der Waals surface area (Å²) in [5.41, 5.74) is 1.72. The number of amides is 1. The molecule has 1 atom stereocenters. The van der Waals surface area contributed by atoms with Gasteiger partial charge in [-0.05, 0) is 29.7 Å². The van der Waals surface area contributed by atoms with Crippen molar-refractivity contribution < 1.29 is 13.2 Å². The van der Waals surface area contributed by atoms with Gasteiger partial charge in [-0.25, -0.2) is 8.42 Å². The molecule has 1 saturated heterocycles. The van der Waals surface area contributed by atoms with Gasteiger partial charge in [-0.3, -0.25) is 4.79 Å². The fourth-order valence-corrected chi connectivity index (χ4v) is 5.20. The lowest BCUT2D eigenvalue weighted by Gasteiger charge is -2.28. The summed E-state index contributed by atoms with van der Waals surface area (Å²) >= 11 is 12.0. The SMILES string of the molecule is O=C(Cc1ccc(Cl)c(Cl)c1)N(Cc1ccccc1)C1CCS(=O)(=O)C1. The van der Waals surface area contributed by atoms with E-state index in [-0.39, 0.29) is 29.9 Å². The van der Waals surface area contributed by atoms with Gasteiger partial charge in [0.2, 0.25) is 5.91 Å². The third-order valence-corrected chi connectivity index (χ3v) is 6.99. The van der Waals surface area contributed by atoms with Crippen LogP contribution < -0.4 is 0 Å². The van der Waals surface area contributed by atoms with E-state index in [1.165, 1.54) is 0 Å². The van der Waals surface area contributed by atoms with Crippen molar-refractivity contribution in [2.24, 2.45) is 0 Å². The second kappa shape index (κ2) is 7.99. The van der Waals surface area contributed by atoms with Gasteiger partial charge in [-0.15, -0.1) is 0 Å². The van der Waals surface area contributed by atoms with Gasteiger partial charge >= 0.3 is 0 Å². The fraction of sp³-hybridized carbons (Fsp3) is 0.316. The van der Waals surface area contributed by atoms with Crippen LogP contribution in [0.2, 0.25) is 10.0 Å². The highest BCUT2D eigenvalue weighted by atomic mass is 35.5. The summed E-state index contributed by atoms with van der Waals surface area (Å²) < 4.78 is 23.8. The number of benzene rings is 2. The Bertz CT molecular complexity index is 900. The maximum Gasteiger partial charge on any atom is 0.227 e. The Kier molecular flexibility index (Phi) is 5.90. The van der Waals surface area contributed by atoms with Gasteiger partial charge in [0.05, 0.1) is 28.0 Å². The molecule has 0 spiro atoms. The van der Waals surface area contributed by atoms with E-state index >= 15 is 0 Å². The lowest BCUT2D eigenvalue weighted by atomic mass is 10.1. The first-order valence-electron chi connectivity index (χ1n) is 8.32. The van der Waals surface area contributed by atoms with E-state index in [0.29, 0.717) is 23.0 Å². The van der Waals surface area contributed by atoms with Crippen molar-refractivity contribution in [1.29, 1.82) is 0 Å². The molecule has 0 saturated carbocycles. The quantitative estimate of drug-likeness (QED) is 0.752. The molecule has 1 heterocycles. The summed E-state index contributed by atoms with van der Waals surface area (Å²) in [4.78, 5) is 14.6. The predicted octanol–water partition coefficient (Wildman–Crippen LogP) is 3.75. The highest BCUT2D eigenvalue weighted by molar-refractivity contribution is 7.91. The zero-order chi connectivity index (χ0) is 18.7. The molecule has 4 nitrogen and oxygen atoms in total. The normalized spacial score (nSPS) is 18.6. The molecule has 138 valence electrons. The van der Waals surface area contributed by atoms with Crippen LogP contribution in [0.1, 0.15) is 17.5 Å². The Hall–Kier alpha value is -1.56. The summed E-state index contributed by atoms with van der Waals surface area (Å²) in [7, 11) is -3.08. The van der Waals surface area contributed by atoms with Gasteiger partial charge < -0.3 is 4.90 Å². The number of rotatable bonds is 5. The molecule has 7 heteroatoms. The summed E-state index contributed by atoms with van der Waals surface area (Å²) in [6, 6.07) is 14.4. The van der Waals surface area contributed by atoms with E-state index in [9.17, 15) is 13.2 Å². The highest BCUT2D eigenvalue weighted by Gasteiger charge is 2.34. The van der Waals surface area contributed by atoms with Gasteiger partial charge in [0.1, 0.15) is 0 Å². The molecule has 1 unspecified atom stereocenters. The first-order chi connectivity index (χ1) is 12.3. The van der Waals surface area contributed by atoms with Gasteiger partial charge in [0, 0.05) is 12.6 Å². The van der Waals surface area contributed by atoms with Gasteiger partial charge in [-0.2, -0.15) is 0 Å². The molecule has 2 aromatic rings. The lowest BCUT2D eigenvalue weighted by Crippen LogP contribution is -2.41. The van der Waals surface area contributed by atoms with Crippen molar-refractivity contribution in [2.75, 3.05) is 11.5 Å². The highest BCUT2D eigenvalue weighted by Crippen LogP contribution is 2.25. The van der Waals surface area contributed by atoms with Crippen molar-refractivity contribution in [3.05, 3.63) is 69.7 Å². The number of hydrogen-bond donors (Lipinski definition) is 0. The molecule has 0 aromatic heterocycles. The molecule has 1 amide bonds. The summed E-state index contributed by atoms with van der Waals surface area (Å²) in [6.07, 6.45) is 0.628. The number of carbonyl (C=O) groups is 1. The molecule has 0 bridgehead atoms. The van der Waals surface area contributed by atoms with Crippen molar-refractivity contribution in [3.63, 3.8) is 0 Å². The number of nitrogens with zero attached hydrogens (tertiary/aromatic N) is 1.